The number of fused-ring (bicyclic) bond motifs is 5. The molecule has 0 saturated heterocycles. The lowest BCUT2D eigenvalue weighted by atomic mass is 9.97. The second-order valence-corrected chi connectivity index (χ2v) is 14.5. The Morgan fingerprint density at radius 3 is 1.87 bits per heavy atom. The van der Waals surface area contributed by atoms with Crippen LogP contribution in [0.1, 0.15) is 22.7 Å². The highest BCUT2D eigenvalue weighted by atomic mass is 32.1. The summed E-state index contributed by atoms with van der Waals surface area (Å²) in [5, 5.41) is 7.39. The number of rotatable bonds is 6. The van der Waals surface area contributed by atoms with E-state index < -0.39 is 0 Å². The molecule has 10 rings (SSSR count). The van der Waals surface area contributed by atoms with Gasteiger partial charge in [-0.25, -0.2) is 9.98 Å². The number of thiophene rings is 1. The molecule has 9 aromatic rings. The third kappa shape index (κ3) is 5.80. The van der Waals surface area contributed by atoms with Crippen molar-refractivity contribution in [3.63, 3.8) is 0 Å². The van der Waals surface area contributed by atoms with Crippen LogP contribution in [-0.2, 0) is 0 Å². The summed E-state index contributed by atoms with van der Waals surface area (Å²) in [5.41, 5.74) is 12.2. The summed E-state index contributed by atoms with van der Waals surface area (Å²) >= 11 is 1.85. The van der Waals surface area contributed by atoms with Crippen LogP contribution in [0.5, 0.6) is 0 Å². The largest absolute Gasteiger partial charge is 0.359 e. The molecule has 0 spiro atoms. The average Bonchev–Trinajstić information content (AvgIpc) is 3.64. The molecule has 0 saturated carbocycles. The van der Waals surface area contributed by atoms with Crippen LogP contribution in [0.3, 0.4) is 0 Å². The zero-order chi connectivity index (χ0) is 35.1. The number of pyridine rings is 1. The van der Waals surface area contributed by atoms with Gasteiger partial charge in [-0.2, -0.15) is 0 Å². The van der Waals surface area contributed by atoms with Crippen molar-refractivity contribution in [2.45, 2.75) is 6.04 Å². The van der Waals surface area contributed by atoms with Gasteiger partial charge in [0, 0.05) is 36.7 Å². The smallest absolute Gasteiger partial charge is 0.134 e. The molecule has 0 bridgehead atoms. The Kier molecular flexibility index (Phi) is 7.74. The fraction of sp³-hybridized carbons (Fsp3) is 0.0204. The van der Waals surface area contributed by atoms with Gasteiger partial charge >= 0.3 is 0 Å². The minimum atomic E-state index is -0.0171. The van der Waals surface area contributed by atoms with Crippen molar-refractivity contribution in [3.05, 3.63) is 205 Å². The van der Waals surface area contributed by atoms with Crippen molar-refractivity contribution < 1.29 is 0 Å². The Morgan fingerprint density at radius 2 is 1.08 bits per heavy atom. The first-order valence-electron chi connectivity index (χ1n) is 17.9. The zero-order valence-corrected chi connectivity index (χ0v) is 29.6. The molecule has 1 aliphatic rings. The van der Waals surface area contributed by atoms with Gasteiger partial charge in [0.05, 0.1) is 22.9 Å². The maximum Gasteiger partial charge on any atom is 0.134 e. The van der Waals surface area contributed by atoms with Crippen LogP contribution in [0.2, 0.25) is 0 Å². The standard InChI is InChI=1S/C49H33N3S/c1-4-13-32(14-5-1)37-19-12-20-39(29-37)49-51-43(34-15-6-2-7-16-34)31-44(52-49)35-25-23-33(24-26-35)38-27-28-45-41(30-38)46-47(36-17-8-3-9-18-36)50-42-22-11-10-21-40(42)48(46)53-45/h1-31,43H,(H,51,52). The van der Waals surface area contributed by atoms with Crippen molar-refractivity contribution in [1.82, 2.24) is 10.3 Å². The molecule has 250 valence electrons. The number of hydrogen-bond donors (Lipinski definition) is 1. The van der Waals surface area contributed by atoms with Crippen LogP contribution in [0, 0.1) is 0 Å². The predicted octanol–water partition coefficient (Wildman–Crippen LogP) is 12.7. The quantitative estimate of drug-likeness (QED) is 0.188. The van der Waals surface area contributed by atoms with Crippen LogP contribution in [0.25, 0.3) is 70.3 Å². The van der Waals surface area contributed by atoms with Crippen molar-refractivity contribution in [3.8, 4) is 33.5 Å². The van der Waals surface area contributed by atoms with Crippen molar-refractivity contribution in [1.29, 1.82) is 0 Å². The number of nitrogens with zero attached hydrogens (tertiary/aromatic N) is 2. The summed E-state index contributed by atoms with van der Waals surface area (Å²) in [4.78, 5) is 10.4. The first-order chi connectivity index (χ1) is 26.2. The van der Waals surface area contributed by atoms with E-state index in [4.69, 9.17) is 9.98 Å². The summed E-state index contributed by atoms with van der Waals surface area (Å²) in [5.74, 6) is 0.864. The van der Waals surface area contributed by atoms with E-state index in [9.17, 15) is 0 Å². The summed E-state index contributed by atoms with van der Waals surface area (Å²) in [6.07, 6.45) is 2.24. The molecule has 53 heavy (non-hydrogen) atoms. The predicted molar refractivity (Wildman–Crippen MR) is 224 cm³/mol. The van der Waals surface area contributed by atoms with Gasteiger partial charge in [-0.15, -0.1) is 11.3 Å². The Morgan fingerprint density at radius 1 is 0.472 bits per heavy atom. The van der Waals surface area contributed by atoms with Crippen molar-refractivity contribution >= 4 is 53.9 Å². The molecule has 3 heterocycles. The number of nitrogens with one attached hydrogen (secondary N) is 1. The maximum atomic E-state index is 5.23. The Balaban J connectivity index is 1.05. The first-order valence-corrected chi connectivity index (χ1v) is 18.8. The molecule has 0 fully saturated rings. The number of hydrogen-bond acceptors (Lipinski definition) is 4. The maximum absolute atomic E-state index is 5.23. The summed E-state index contributed by atoms with van der Waals surface area (Å²) in [7, 11) is 0. The number of aromatic nitrogens is 1. The van der Waals surface area contributed by atoms with Gasteiger partial charge in [0.2, 0.25) is 0 Å². The lowest BCUT2D eigenvalue weighted by Gasteiger charge is -2.25. The van der Waals surface area contributed by atoms with Gasteiger partial charge < -0.3 is 5.32 Å². The van der Waals surface area contributed by atoms with E-state index in [1.54, 1.807) is 0 Å². The Labute approximate surface area is 312 Å². The minimum absolute atomic E-state index is 0.0171. The van der Waals surface area contributed by atoms with Gasteiger partial charge in [-0.05, 0) is 63.7 Å². The highest BCUT2D eigenvalue weighted by Crippen LogP contribution is 2.44. The highest BCUT2D eigenvalue weighted by molar-refractivity contribution is 7.26. The minimum Gasteiger partial charge on any atom is -0.359 e. The number of amidine groups is 1. The van der Waals surface area contributed by atoms with E-state index in [0.29, 0.717) is 0 Å². The van der Waals surface area contributed by atoms with Gasteiger partial charge in [0.15, 0.2) is 0 Å². The molecule has 0 amide bonds. The van der Waals surface area contributed by atoms with Gasteiger partial charge in [-0.3, -0.25) is 0 Å². The van der Waals surface area contributed by atoms with Crippen molar-refractivity contribution in [2.24, 2.45) is 4.99 Å². The molecule has 0 radical (unpaired) electrons. The SMILES string of the molecule is C1=C(c2ccc(-c3ccc4sc5c6ccccc6nc(-c6ccccc6)c5c4c3)cc2)N=C(c2cccc(-c3ccccc3)c2)NC1c1ccccc1. The molecule has 1 unspecified atom stereocenters. The summed E-state index contributed by atoms with van der Waals surface area (Å²) in [6.45, 7) is 0. The molecule has 0 aliphatic carbocycles. The average molecular weight is 696 g/mol. The molecular formula is C49H33N3S. The van der Waals surface area contributed by atoms with E-state index in [-0.39, 0.29) is 6.04 Å². The van der Waals surface area contributed by atoms with Crippen LogP contribution in [0.4, 0.5) is 0 Å². The van der Waals surface area contributed by atoms with E-state index in [1.165, 1.54) is 53.4 Å². The van der Waals surface area contributed by atoms with E-state index in [1.807, 2.05) is 11.3 Å². The molecule has 3 nitrogen and oxygen atoms in total. The van der Waals surface area contributed by atoms with Crippen LogP contribution in [-0.4, -0.2) is 10.8 Å². The molecule has 1 aliphatic heterocycles. The normalized spacial score (nSPS) is 14.2. The summed E-state index contributed by atoms with van der Waals surface area (Å²) in [6, 6.07) is 64.5. The van der Waals surface area contributed by atoms with E-state index >= 15 is 0 Å². The molecule has 7 aromatic carbocycles. The van der Waals surface area contributed by atoms with Gasteiger partial charge in [0.1, 0.15) is 5.84 Å². The monoisotopic (exact) mass is 695 g/mol. The fourth-order valence-electron chi connectivity index (χ4n) is 7.44. The highest BCUT2D eigenvalue weighted by Gasteiger charge is 2.21. The van der Waals surface area contributed by atoms with E-state index in [0.717, 1.165) is 39.4 Å². The second-order valence-electron chi connectivity index (χ2n) is 13.4. The molecule has 1 atom stereocenters. The third-order valence-corrected chi connectivity index (χ3v) is 11.3. The zero-order valence-electron chi connectivity index (χ0n) is 28.8. The van der Waals surface area contributed by atoms with Gasteiger partial charge in [0.25, 0.3) is 0 Å². The lowest BCUT2D eigenvalue weighted by Crippen LogP contribution is -2.31. The number of para-hydroxylation sites is 1. The molecular weight excluding hydrogens is 663 g/mol. The lowest BCUT2D eigenvalue weighted by molar-refractivity contribution is 0.781. The van der Waals surface area contributed by atoms with Crippen LogP contribution < -0.4 is 5.32 Å². The van der Waals surface area contributed by atoms with Gasteiger partial charge in [-0.1, -0.05) is 158 Å². The van der Waals surface area contributed by atoms with Crippen LogP contribution >= 0.6 is 11.3 Å². The number of aliphatic imine (C=N–C) groups is 1. The number of benzene rings is 7. The Bertz CT molecular complexity index is 2840. The topological polar surface area (TPSA) is 37.3 Å². The molecule has 1 N–H and O–H groups in total. The van der Waals surface area contributed by atoms with Crippen LogP contribution in [0.15, 0.2) is 193 Å². The second kappa shape index (κ2) is 13.2. The van der Waals surface area contributed by atoms with E-state index in [2.05, 4.69) is 193 Å². The molecule has 4 heteroatoms. The summed E-state index contributed by atoms with van der Waals surface area (Å²) < 4.78 is 2.55. The first kappa shape index (κ1) is 31.1. The Hall–Kier alpha value is -6.62. The fourth-order valence-corrected chi connectivity index (χ4v) is 8.66. The van der Waals surface area contributed by atoms with Crippen molar-refractivity contribution in [2.75, 3.05) is 0 Å². The third-order valence-electron chi connectivity index (χ3n) is 10.1. The molecule has 2 aromatic heterocycles.